The Morgan fingerprint density at radius 1 is 1.20 bits per heavy atom. The number of hydrogen-bond acceptors (Lipinski definition) is 2. The van der Waals surface area contributed by atoms with Gasteiger partial charge in [-0.2, -0.15) is 0 Å². The van der Waals surface area contributed by atoms with Crippen LogP contribution >= 0.6 is 0 Å². The Bertz CT molecular complexity index is 611. The van der Waals surface area contributed by atoms with Gasteiger partial charge in [0.15, 0.2) is 0 Å². The molecule has 0 amide bonds. The van der Waals surface area contributed by atoms with E-state index >= 15 is 0 Å². The number of imidazole rings is 1. The van der Waals surface area contributed by atoms with E-state index < -0.39 is 0 Å². The summed E-state index contributed by atoms with van der Waals surface area (Å²) in [6.45, 7) is 6.42. The molecule has 106 valence electrons. The van der Waals surface area contributed by atoms with Gasteiger partial charge in [0, 0.05) is 17.9 Å². The average Bonchev–Trinajstić information content (AvgIpc) is 2.80. The lowest BCUT2D eigenvalue weighted by atomic mass is 9.90. The fourth-order valence-electron chi connectivity index (χ4n) is 3.02. The summed E-state index contributed by atoms with van der Waals surface area (Å²) in [7, 11) is 0. The molecule has 0 bridgehead atoms. The van der Waals surface area contributed by atoms with Gasteiger partial charge in [-0.3, -0.25) is 0 Å². The van der Waals surface area contributed by atoms with Crippen molar-refractivity contribution >= 4 is 11.6 Å². The van der Waals surface area contributed by atoms with Gasteiger partial charge >= 0.3 is 0 Å². The monoisotopic (exact) mass is 269 g/mol. The number of rotatable bonds is 3. The first kappa shape index (κ1) is 13.2. The zero-order chi connectivity index (χ0) is 14.1. The Morgan fingerprint density at radius 2 is 2.00 bits per heavy atom. The molecule has 1 N–H and O–H groups in total. The molecule has 0 fully saturated rings. The van der Waals surface area contributed by atoms with E-state index in [1.165, 1.54) is 42.5 Å². The van der Waals surface area contributed by atoms with Crippen molar-refractivity contribution in [1.82, 2.24) is 9.55 Å². The van der Waals surface area contributed by atoms with Crippen LogP contribution in [0.5, 0.6) is 0 Å². The molecule has 0 aliphatic heterocycles. The summed E-state index contributed by atoms with van der Waals surface area (Å²) in [5.74, 6) is 0.955. The highest BCUT2D eigenvalue weighted by atomic mass is 15.2. The maximum atomic E-state index is 4.63. The number of aryl methyl sites for hydroxylation is 2. The van der Waals surface area contributed by atoms with Crippen molar-refractivity contribution in [3.63, 3.8) is 0 Å². The summed E-state index contributed by atoms with van der Waals surface area (Å²) in [5, 5.41) is 3.55. The van der Waals surface area contributed by atoms with Gasteiger partial charge in [-0.05, 0) is 63.6 Å². The van der Waals surface area contributed by atoms with Crippen molar-refractivity contribution < 1.29 is 0 Å². The van der Waals surface area contributed by atoms with Crippen LogP contribution in [0.2, 0.25) is 0 Å². The summed E-state index contributed by atoms with van der Waals surface area (Å²) >= 11 is 0. The second-order valence-electron chi connectivity index (χ2n) is 5.98. The van der Waals surface area contributed by atoms with Gasteiger partial charge in [0.1, 0.15) is 0 Å². The summed E-state index contributed by atoms with van der Waals surface area (Å²) in [6, 6.07) is 7.01. The largest absolute Gasteiger partial charge is 0.325 e. The molecule has 0 saturated carbocycles. The summed E-state index contributed by atoms with van der Waals surface area (Å²) in [4.78, 5) is 4.63. The number of nitrogens with zero attached hydrogens (tertiary/aromatic N) is 2. The van der Waals surface area contributed by atoms with Crippen LogP contribution in [0.15, 0.2) is 24.4 Å². The smallest absolute Gasteiger partial charge is 0.207 e. The standard InChI is InChI=1S/C17H23N3/c1-12(2)20-11-13(3)18-17(20)19-16-10-6-8-14-7-4-5-9-15(14)16/h6,8,10-12H,4-5,7,9H2,1-3H3,(H,18,19). The first-order valence-electron chi connectivity index (χ1n) is 7.58. The van der Waals surface area contributed by atoms with Gasteiger partial charge in [-0.1, -0.05) is 12.1 Å². The summed E-state index contributed by atoms with van der Waals surface area (Å²) in [6.07, 6.45) is 7.12. The Hall–Kier alpha value is -1.77. The van der Waals surface area contributed by atoms with Crippen LogP contribution in [-0.2, 0) is 12.8 Å². The predicted molar refractivity (Wildman–Crippen MR) is 83.7 cm³/mol. The maximum absolute atomic E-state index is 4.63. The van der Waals surface area contributed by atoms with Gasteiger partial charge < -0.3 is 9.88 Å². The van der Waals surface area contributed by atoms with E-state index in [-0.39, 0.29) is 0 Å². The second-order valence-corrected chi connectivity index (χ2v) is 5.98. The minimum absolute atomic E-state index is 0.415. The molecule has 1 heterocycles. The zero-order valence-electron chi connectivity index (χ0n) is 12.6. The fraction of sp³-hybridized carbons (Fsp3) is 0.471. The van der Waals surface area contributed by atoms with Crippen LogP contribution in [-0.4, -0.2) is 9.55 Å². The topological polar surface area (TPSA) is 29.9 Å². The van der Waals surface area contributed by atoms with Crippen molar-refractivity contribution in [2.24, 2.45) is 0 Å². The Labute approximate surface area is 121 Å². The number of nitrogens with one attached hydrogen (secondary N) is 1. The first-order chi connectivity index (χ1) is 9.65. The Morgan fingerprint density at radius 3 is 2.80 bits per heavy atom. The van der Waals surface area contributed by atoms with Crippen LogP contribution in [0, 0.1) is 6.92 Å². The molecular weight excluding hydrogens is 246 g/mol. The second kappa shape index (κ2) is 5.31. The average molecular weight is 269 g/mol. The van der Waals surface area contributed by atoms with Crippen LogP contribution < -0.4 is 5.32 Å². The van der Waals surface area contributed by atoms with E-state index in [0.717, 1.165) is 11.6 Å². The SMILES string of the molecule is Cc1cn(C(C)C)c(Nc2cccc3c2CCCC3)n1. The summed E-state index contributed by atoms with van der Waals surface area (Å²) in [5.41, 5.74) is 5.27. The van der Waals surface area contributed by atoms with E-state index in [1.807, 2.05) is 6.92 Å². The maximum Gasteiger partial charge on any atom is 0.207 e. The molecule has 3 heteroatoms. The van der Waals surface area contributed by atoms with Crippen LogP contribution in [0.1, 0.15) is 49.6 Å². The molecule has 0 saturated heterocycles. The molecule has 1 aliphatic rings. The lowest BCUT2D eigenvalue weighted by Crippen LogP contribution is -2.09. The lowest BCUT2D eigenvalue weighted by Gasteiger charge is -2.20. The number of anilines is 2. The molecule has 1 aliphatic carbocycles. The number of hydrogen-bond donors (Lipinski definition) is 1. The first-order valence-corrected chi connectivity index (χ1v) is 7.58. The quantitative estimate of drug-likeness (QED) is 0.895. The predicted octanol–water partition coefficient (Wildman–Crippen LogP) is 4.39. The highest BCUT2D eigenvalue weighted by Crippen LogP contribution is 2.30. The van der Waals surface area contributed by atoms with Gasteiger partial charge in [0.25, 0.3) is 0 Å². The molecule has 0 atom stereocenters. The Balaban J connectivity index is 1.96. The molecule has 0 spiro atoms. The van der Waals surface area contributed by atoms with Crippen molar-refractivity contribution in [1.29, 1.82) is 0 Å². The highest BCUT2D eigenvalue weighted by molar-refractivity contribution is 5.62. The van der Waals surface area contributed by atoms with Crippen molar-refractivity contribution in [3.05, 3.63) is 41.2 Å². The molecule has 1 aromatic heterocycles. The lowest BCUT2D eigenvalue weighted by molar-refractivity contribution is 0.607. The molecular formula is C17H23N3. The highest BCUT2D eigenvalue weighted by Gasteiger charge is 2.15. The summed E-state index contributed by atoms with van der Waals surface area (Å²) < 4.78 is 2.21. The minimum Gasteiger partial charge on any atom is -0.325 e. The molecule has 0 radical (unpaired) electrons. The number of aromatic nitrogens is 2. The van der Waals surface area contributed by atoms with Gasteiger partial charge in [-0.15, -0.1) is 0 Å². The van der Waals surface area contributed by atoms with E-state index in [2.05, 4.69) is 53.1 Å². The molecule has 2 aromatic rings. The zero-order valence-corrected chi connectivity index (χ0v) is 12.6. The fourth-order valence-corrected chi connectivity index (χ4v) is 3.02. The van der Waals surface area contributed by atoms with E-state index in [9.17, 15) is 0 Å². The van der Waals surface area contributed by atoms with Gasteiger partial charge in [-0.25, -0.2) is 4.98 Å². The van der Waals surface area contributed by atoms with Crippen LogP contribution in [0.4, 0.5) is 11.6 Å². The van der Waals surface area contributed by atoms with Crippen LogP contribution in [0.25, 0.3) is 0 Å². The van der Waals surface area contributed by atoms with Crippen molar-refractivity contribution in [2.45, 2.75) is 52.5 Å². The third-order valence-electron chi connectivity index (χ3n) is 4.05. The van der Waals surface area contributed by atoms with E-state index in [4.69, 9.17) is 0 Å². The third kappa shape index (κ3) is 2.45. The molecule has 20 heavy (non-hydrogen) atoms. The Kier molecular flexibility index (Phi) is 3.51. The minimum atomic E-state index is 0.415. The van der Waals surface area contributed by atoms with E-state index in [1.54, 1.807) is 0 Å². The number of benzene rings is 1. The van der Waals surface area contributed by atoms with Gasteiger partial charge in [0.2, 0.25) is 5.95 Å². The third-order valence-corrected chi connectivity index (χ3v) is 4.05. The van der Waals surface area contributed by atoms with Crippen molar-refractivity contribution in [3.8, 4) is 0 Å². The molecule has 3 rings (SSSR count). The normalized spacial score (nSPS) is 14.4. The van der Waals surface area contributed by atoms with Crippen LogP contribution in [0.3, 0.4) is 0 Å². The molecule has 3 nitrogen and oxygen atoms in total. The van der Waals surface area contributed by atoms with Gasteiger partial charge in [0.05, 0.1) is 5.69 Å². The molecule has 0 unspecified atom stereocenters. The van der Waals surface area contributed by atoms with Crippen molar-refractivity contribution in [2.75, 3.05) is 5.32 Å². The number of fused-ring (bicyclic) bond motifs is 1. The van der Waals surface area contributed by atoms with E-state index in [0.29, 0.717) is 6.04 Å². The molecule has 1 aromatic carbocycles.